The number of hydrogen-bond acceptors (Lipinski definition) is 5. The molecule has 0 N–H and O–H groups in total. The Bertz CT molecular complexity index is 1330. The van der Waals surface area contributed by atoms with Gasteiger partial charge in [0.1, 0.15) is 0 Å². The van der Waals surface area contributed by atoms with Crippen molar-refractivity contribution in [3.8, 4) is 0 Å². The number of thioether (sulfide) groups is 1. The van der Waals surface area contributed by atoms with Crippen LogP contribution < -0.4 is 5.56 Å². The molecule has 0 aliphatic carbocycles. The fourth-order valence-corrected chi connectivity index (χ4v) is 4.82. The van der Waals surface area contributed by atoms with Gasteiger partial charge in [-0.05, 0) is 37.0 Å². The largest absolute Gasteiger partial charge is 0.340 e. The topological polar surface area (TPSA) is 72.5 Å². The molecule has 0 spiro atoms. The van der Waals surface area contributed by atoms with Crippen LogP contribution in [0.3, 0.4) is 0 Å². The van der Waals surface area contributed by atoms with Crippen LogP contribution in [-0.2, 0) is 17.9 Å². The van der Waals surface area contributed by atoms with E-state index >= 15 is 0 Å². The van der Waals surface area contributed by atoms with E-state index in [4.69, 9.17) is 0 Å². The second-order valence-corrected chi connectivity index (χ2v) is 10.0. The number of benzene rings is 2. The highest BCUT2D eigenvalue weighted by molar-refractivity contribution is 8.00. The van der Waals surface area contributed by atoms with E-state index in [0.717, 1.165) is 17.5 Å². The zero-order valence-electron chi connectivity index (χ0n) is 19.4. The third-order valence-electron chi connectivity index (χ3n) is 5.68. The van der Waals surface area contributed by atoms with E-state index in [9.17, 15) is 9.59 Å². The van der Waals surface area contributed by atoms with Crippen molar-refractivity contribution < 1.29 is 4.79 Å². The molecule has 172 valence electrons. The zero-order valence-corrected chi connectivity index (χ0v) is 20.2. The lowest BCUT2D eigenvalue weighted by atomic mass is 10.1. The monoisotopic (exact) mass is 463 g/mol. The van der Waals surface area contributed by atoms with Gasteiger partial charge in [0.15, 0.2) is 5.16 Å². The Hall–Kier alpha value is -3.13. The number of para-hydroxylation sites is 1. The van der Waals surface area contributed by atoms with Crippen molar-refractivity contribution >= 4 is 34.3 Å². The van der Waals surface area contributed by atoms with Gasteiger partial charge in [0.05, 0.1) is 16.2 Å². The number of rotatable bonds is 8. The summed E-state index contributed by atoms with van der Waals surface area (Å²) in [6, 6.07) is 17.4. The molecule has 0 radical (unpaired) electrons. The number of amides is 1. The number of aryl methyl sites for hydroxylation is 1. The van der Waals surface area contributed by atoms with Crippen LogP contribution in [0.15, 0.2) is 64.5 Å². The summed E-state index contributed by atoms with van der Waals surface area (Å²) in [4.78, 5) is 28.0. The maximum Gasteiger partial charge on any atom is 0.262 e. The van der Waals surface area contributed by atoms with Gasteiger partial charge in [0.25, 0.3) is 5.56 Å². The first-order chi connectivity index (χ1) is 15.9. The first-order valence-corrected chi connectivity index (χ1v) is 12.1. The third kappa shape index (κ3) is 4.80. The Kier molecular flexibility index (Phi) is 6.83. The number of carbonyl (C=O) groups excluding carboxylic acids is 1. The molecule has 8 heteroatoms. The predicted molar refractivity (Wildman–Crippen MR) is 132 cm³/mol. The summed E-state index contributed by atoms with van der Waals surface area (Å²) in [6.07, 6.45) is 0.864. The fourth-order valence-electron chi connectivity index (χ4n) is 3.85. The molecule has 0 saturated carbocycles. The van der Waals surface area contributed by atoms with E-state index in [2.05, 4.69) is 24.0 Å². The molecule has 1 amide bonds. The van der Waals surface area contributed by atoms with Crippen molar-refractivity contribution in [2.45, 2.75) is 50.7 Å². The summed E-state index contributed by atoms with van der Waals surface area (Å²) in [7, 11) is 1.81. The minimum Gasteiger partial charge on any atom is -0.340 e. The average Bonchev–Trinajstić information content (AvgIpc) is 3.22. The highest BCUT2D eigenvalue weighted by Crippen LogP contribution is 2.26. The molecule has 0 aliphatic heterocycles. The van der Waals surface area contributed by atoms with Crippen molar-refractivity contribution in [3.63, 3.8) is 0 Å². The average molecular weight is 464 g/mol. The van der Waals surface area contributed by atoms with Crippen molar-refractivity contribution in [2.75, 3.05) is 7.05 Å². The minimum atomic E-state index is -0.360. The van der Waals surface area contributed by atoms with Crippen LogP contribution in [0.4, 0.5) is 0 Å². The summed E-state index contributed by atoms with van der Waals surface area (Å²) in [5, 5.41) is 9.61. The molecule has 33 heavy (non-hydrogen) atoms. The summed E-state index contributed by atoms with van der Waals surface area (Å²) in [5.74, 6) is 0.982. The second-order valence-electron chi connectivity index (χ2n) is 8.71. The first kappa shape index (κ1) is 23.0. The van der Waals surface area contributed by atoms with E-state index in [-0.39, 0.29) is 16.7 Å². The Labute approximate surface area is 197 Å². The molecule has 2 aromatic carbocycles. The first-order valence-electron chi connectivity index (χ1n) is 11.2. The van der Waals surface area contributed by atoms with Gasteiger partial charge in [-0.15, -0.1) is 10.2 Å². The molecular weight excluding hydrogens is 434 g/mol. The lowest BCUT2D eigenvalue weighted by Gasteiger charge is -2.21. The predicted octanol–water partition coefficient (Wildman–Crippen LogP) is 4.23. The lowest BCUT2D eigenvalue weighted by Crippen LogP contribution is -2.32. The normalized spacial score (nSPS) is 12.5. The summed E-state index contributed by atoms with van der Waals surface area (Å²) in [5.41, 5.74) is 1.77. The maximum absolute atomic E-state index is 13.2. The van der Waals surface area contributed by atoms with E-state index in [1.54, 1.807) is 9.47 Å². The highest BCUT2D eigenvalue weighted by atomic mass is 32.2. The van der Waals surface area contributed by atoms with Gasteiger partial charge >= 0.3 is 0 Å². The summed E-state index contributed by atoms with van der Waals surface area (Å²) >= 11 is 1.36. The fraction of sp³-hybridized carbons (Fsp3) is 0.360. The zero-order chi connectivity index (χ0) is 23.5. The van der Waals surface area contributed by atoms with Crippen molar-refractivity contribution in [3.05, 3.63) is 70.5 Å². The Morgan fingerprint density at radius 1 is 1.03 bits per heavy atom. The van der Waals surface area contributed by atoms with Crippen LogP contribution in [-0.4, -0.2) is 42.3 Å². The van der Waals surface area contributed by atoms with Crippen LogP contribution in [0, 0.1) is 5.92 Å². The van der Waals surface area contributed by atoms with Crippen LogP contribution in [0.1, 0.15) is 32.8 Å². The Morgan fingerprint density at radius 3 is 2.45 bits per heavy atom. The molecule has 0 bridgehead atoms. The maximum atomic E-state index is 13.2. The van der Waals surface area contributed by atoms with E-state index in [1.165, 1.54) is 11.8 Å². The minimum absolute atomic E-state index is 0.0121. The molecule has 1 atom stereocenters. The van der Waals surface area contributed by atoms with E-state index in [0.29, 0.717) is 35.3 Å². The van der Waals surface area contributed by atoms with Gasteiger partial charge in [-0.25, -0.2) is 0 Å². The van der Waals surface area contributed by atoms with Crippen LogP contribution in [0.5, 0.6) is 0 Å². The molecule has 0 aliphatic rings. The molecule has 4 aromatic rings. The lowest BCUT2D eigenvalue weighted by molar-refractivity contribution is -0.129. The molecule has 1 unspecified atom stereocenters. The van der Waals surface area contributed by atoms with Gasteiger partial charge in [-0.2, -0.15) is 0 Å². The van der Waals surface area contributed by atoms with E-state index in [1.807, 2.05) is 73.0 Å². The van der Waals surface area contributed by atoms with Crippen molar-refractivity contribution in [2.24, 2.45) is 5.92 Å². The van der Waals surface area contributed by atoms with Gasteiger partial charge in [-0.1, -0.05) is 68.1 Å². The molecule has 2 aromatic heterocycles. The van der Waals surface area contributed by atoms with Crippen molar-refractivity contribution in [1.82, 2.24) is 24.1 Å². The highest BCUT2D eigenvalue weighted by Gasteiger charge is 2.23. The molecule has 0 saturated heterocycles. The Morgan fingerprint density at radius 2 is 1.73 bits per heavy atom. The number of hydrogen-bond donors (Lipinski definition) is 0. The second kappa shape index (κ2) is 9.79. The van der Waals surface area contributed by atoms with Gasteiger partial charge < -0.3 is 4.90 Å². The SMILES string of the molecule is CC(C)CCn1c(=O)c2ccccc2n2c(SC(C)C(=O)N(C)Cc3ccccc3)nnc12. The number of aromatic nitrogens is 4. The van der Waals surface area contributed by atoms with Gasteiger partial charge in [0.2, 0.25) is 11.7 Å². The number of nitrogens with zero attached hydrogens (tertiary/aromatic N) is 5. The molecule has 0 fully saturated rings. The third-order valence-corrected chi connectivity index (χ3v) is 6.71. The van der Waals surface area contributed by atoms with Crippen LogP contribution in [0.2, 0.25) is 0 Å². The van der Waals surface area contributed by atoms with Crippen molar-refractivity contribution in [1.29, 1.82) is 0 Å². The smallest absolute Gasteiger partial charge is 0.262 e. The molecular formula is C25H29N5O2S. The molecule has 7 nitrogen and oxygen atoms in total. The molecule has 4 rings (SSSR count). The quantitative estimate of drug-likeness (QED) is 0.366. The Balaban J connectivity index is 1.67. The summed E-state index contributed by atoms with van der Waals surface area (Å²) < 4.78 is 3.61. The summed E-state index contributed by atoms with van der Waals surface area (Å²) in [6.45, 7) is 7.26. The standard InChI is InChI=1S/C25H29N5O2S/c1-17(2)14-15-29-23(32)20-12-8-9-13-21(20)30-24(29)26-27-25(30)33-18(3)22(31)28(4)16-19-10-6-5-7-11-19/h5-13,17-18H,14-16H2,1-4H3. The van der Waals surface area contributed by atoms with E-state index < -0.39 is 0 Å². The molecule has 2 heterocycles. The van der Waals surface area contributed by atoms with Crippen LogP contribution >= 0.6 is 11.8 Å². The number of carbonyl (C=O) groups is 1. The van der Waals surface area contributed by atoms with Crippen LogP contribution in [0.25, 0.3) is 16.7 Å². The van der Waals surface area contributed by atoms with Gasteiger partial charge in [-0.3, -0.25) is 18.6 Å². The van der Waals surface area contributed by atoms with Gasteiger partial charge in [0, 0.05) is 20.1 Å². The number of fused-ring (bicyclic) bond motifs is 3.